The van der Waals surface area contributed by atoms with Gasteiger partial charge >= 0.3 is 0 Å². The van der Waals surface area contributed by atoms with Crippen LogP contribution in [0, 0.1) is 11.8 Å². The molecule has 118 valence electrons. The van der Waals surface area contributed by atoms with E-state index in [-0.39, 0.29) is 6.04 Å². The van der Waals surface area contributed by atoms with Gasteiger partial charge in [-0.2, -0.15) is 0 Å². The number of fused-ring (bicyclic) bond motifs is 2. The second kappa shape index (κ2) is 6.36. The Hall–Kier alpha value is -0.430. The minimum atomic E-state index is -3.37. The van der Waals surface area contributed by atoms with Gasteiger partial charge in [0.1, 0.15) is 0 Å². The van der Waals surface area contributed by atoms with Crippen LogP contribution in [-0.2, 0) is 16.6 Å². The van der Waals surface area contributed by atoms with Crippen molar-refractivity contribution in [2.75, 3.05) is 6.54 Å². The summed E-state index contributed by atoms with van der Waals surface area (Å²) in [5.41, 5.74) is 0. The largest absolute Gasteiger partial charge is 0.312 e. The van der Waals surface area contributed by atoms with Crippen molar-refractivity contribution >= 4 is 21.4 Å². The average molecular weight is 329 g/mol. The Labute approximate surface area is 131 Å². The molecule has 0 saturated heterocycles. The zero-order chi connectivity index (χ0) is 14.9. The molecule has 1 aromatic rings. The topological polar surface area (TPSA) is 58.2 Å². The van der Waals surface area contributed by atoms with Gasteiger partial charge in [0.15, 0.2) is 0 Å². The zero-order valence-electron chi connectivity index (χ0n) is 12.5. The summed E-state index contributed by atoms with van der Waals surface area (Å²) < 4.78 is 28.3. The van der Waals surface area contributed by atoms with Crippen molar-refractivity contribution in [1.29, 1.82) is 0 Å². The summed E-state index contributed by atoms with van der Waals surface area (Å²) in [6, 6.07) is 1.90. The maximum atomic E-state index is 12.6. The number of nitrogens with one attached hydrogen (secondary N) is 2. The molecule has 0 radical (unpaired) electrons. The smallest absolute Gasteiger partial charge is 0.241 e. The first-order chi connectivity index (χ1) is 10.1. The van der Waals surface area contributed by atoms with Gasteiger partial charge in [0.25, 0.3) is 0 Å². The fraction of sp³-hybridized carbons (Fsp3) is 0.733. The molecular formula is C15H24N2O2S2. The molecule has 21 heavy (non-hydrogen) atoms. The van der Waals surface area contributed by atoms with Crippen molar-refractivity contribution in [3.05, 3.63) is 16.3 Å². The molecule has 2 N–H and O–H groups in total. The van der Waals surface area contributed by atoms with Crippen LogP contribution in [0.15, 0.2) is 16.3 Å². The van der Waals surface area contributed by atoms with Gasteiger partial charge in [-0.15, -0.1) is 11.3 Å². The van der Waals surface area contributed by atoms with Crippen LogP contribution in [0.3, 0.4) is 0 Å². The van der Waals surface area contributed by atoms with E-state index in [1.807, 2.05) is 5.38 Å². The fourth-order valence-corrected chi connectivity index (χ4v) is 6.46. The van der Waals surface area contributed by atoms with Crippen molar-refractivity contribution in [1.82, 2.24) is 10.0 Å². The molecule has 2 fully saturated rings. The summed E-state index contributed by atoms with van der Waals surface area (Å²) in [6.45, 7) is 3.66. The van der Waals surface area contributed by atoms with Crippen LogP contribution in [0.2, 0.25) is 0 Å². The molecule has 3 atom stereocenters. The van der Waals surface area contributed by atoms with Crippen LogP contribution in [0.4, 0.5) is 0 Å². The first-order valence-corrected chi connectivity index (χ1v) is 10.3. The van der Waals surface area contributed by atoms with E-state index in [9.17, 15) is 8.42 Å². The number of sulfonamides is 1. The van der Waals surface area contributed by atoms with Crippen LogP contribution in [0.1, 0.15) is 43.9 Å². The monoisotopic (exact) mass is 328 g/mol. The number of rotatable bonds is 7. The van der Waals surface area contributed by atoms with Gasteiger partial charge in [-0.05, 0) is 55.5 Å². The van der Waals surface area contributed by atoms with Crippen molar-refractivity contribution < 1.29 is 8.42 Å². The molecule has 2 aliphatic rings. The highest BCUT2D eigenvalue weighted by molar-refractivity contribution is 7.89. The second-order valence-electron chi connectivity index (χ2n) is 6.29. The summed E-state index contributed by atoms with van der Waals surface area (Å²) in [7, 11) is -3.37. The van der Waals surface area contributed by atoms with Crippen LogP contribution >= 0.6 is 11.3 Å². The molecule has 6 heteroatoms. The van der Waals surface area contributed by atoms with Crippen LogP contribution in [0.5, 0.6) is 0 Å². The first-order valence-electron chi connectivity index (χ1n) is 7.89. The van der Waals surface area contributed by atoms with Gasteiger partial charge in [0.05, 0.1) is 4.90 Å². The van der Waals surface area contributed by atoms with E-state index in [4.69, 9.17) is 0 Å². The second-order valence-corrected chi connectivity index (χ2v) is 8.97. The van der Waals surface area contributed by atoms with E-state index in [1.165, 1.54) is 30.6 Å². The average Bonchev–Trinajstić information content (AvgIpc) is 3.13. The highest BCUT2D eigenvalue weighted by Gasteiger charge is 2.41. The minimum absolute atomic E-state index is 0.158. The Bertz CT molecular complexity index is 582. The minimum Gasteiger partial charge on any atom is -0.312 e. The van der Waals surface area contributed by atoms with E-state index >= 15 is 0 Å². The third-order valence-electron chi connectivity index (χ3n) is 4.75. The molecular weight excluding hydrogens is 304 g/mol. The molecule has 2 bridgehead atoms. The Morgan fingerprint density at radius 3 is 2.86 bits per heavy atom. The number of thiophene rings is 1. The maximum absolute atomic E-state index is 12.6. The molecule has 0 amide bonds. The summed E-state index contributed by atoms with van der Waals surface area (Å²) in [6.07, 6.45) is 5.76. The van der Waals surface area contributed by atoms with E-state index in [0.29, 0.717) is 17.4 Å². The summed E-state index contributed by atoms with van der Waals surface area (Å²) in [5.74, 6) is 1.31. The highest BCUT2D eigenvalue weighted by atomic mass is 32.2. The third-order valence-corrected chi connectivity index (χ3v) is 7.38. The molecule has 2 saturated carbocycles. The normalized spacial score (nSPS) is 28.3. The Kier molecular flexibility index (Phi) is 4.69. The summed E-state index contributed by atoms with van der Waals surface area (Å²) >= 11 is 1.52. The van der Waals surface area contributed by atoms with Gasteiger partial charge < -0.3 is 5.32 Å². The number of hydrogen-bond acceptors (Lipinski definition) is 4. The molecule has 0 aliphatic heterocycles. The van der Waals surface area contributed by atoms with E-state index in [2.05, 4.69) is 17.0 Å². The zero-order valence-corrected chi connectivity index (χ0v) is 14.1. The number of hydrogen-bond donors (Lipinski definition) is 2. The molecule has 0 spiro atoms. The molecule has 1 heterocycles. The van der Waals surface area contributed by atoms with E-state index < -0.39 is 10.0 Å². The lowest BCUT2D eigenvalue weighted by molar-refractivity contribution is 0.390. The Balaban J connectivity index is 1.68. The Morgan fingerprint density at radius 1 is 1.33 bits per heavy atom. The summed E-state index contributed by atoms with van der Waals surface area (Å²) in [5, 5.41) is 5.16. The van der Waals surface area contributed by atoms with Crippen molar-refractivity contribution in [3.63, 3.8) is 0 Å². The predicted octanol–water partition coefficient (Wildman–Crippen LogP) is 2.71. The van der Waals surface area contributed by atoms with Gasteiger partial charge in [0, 0.05) is 17.5 Å². The molecule has 1 aromatic heterocycles. The van der Waals surface area contributed by atoms with Gasteiger partial charge in [-0.3, -0.25) is 0 Å². The lowest BCUT2D eigenvalue weighted by Crippen LogP contribution is -2.38. The predicted molar refractivity (Wildman–Crippen MR) is 85.9 cm³/mol. The standard InChI is InChI=1S/C15H24N2O2S2/c1-2-6-16-10-14-15(5-7-20-14)21(18,19)17-13-9-11-3-4-12(13)8-11/h5,7,11-13,16-17H,2-4,6,8-10H2,1H3. The van der Waals surface area contributed by atoms with Crippen LogP contribution in [0.25, 0.3) is 0 Å². The van der Waals surface area contributed by atoms with Crippen LogP contribution < -0.4 is 10.0 Å². The van der Waals surface area contributed by atoms with E-state index in [1.54, 1.807) is 6.07 Å². The Morgan fingerprint density at radius 2 is 2.19 bits per heavy atom. The molecule has 3 unspecified atom stereocenters. The van der Waals surface area contributed by atoms with Crippen molar-refractivity contribution in [3.8, 4) is 0 Å². The first kappa shape index (κ1) is 15.5. The van der Waals surface area contributed by atoms with Gasteiger partial charge in [-0.1, -0.05) is 13.3 Å². The lowest BCUT2D eigenvalue weighted by Gasteiger charge is -2.22. The van der Waals surface area contributed by atoms with Gasteiger partial charge in [-0.25, -0.2) is 13.1 Å². The molecule has 0 aromatic carbocycles. The van der Waals surface area contributed by atoms with Crippen molar-refractivity contribution in [2.24, 2.45) is 11.8 Å². The quantitative estimate of drug-likeness (QED) is 0.757. The lowest BCUT2D eigenvalue weighted by atomic mass is 9.96. The van der Waals surface area contributed by atoms with E-state index in [0.717, 1.165) is 30.2 Å². The van der Waals surface area contributed by atoms with Crippen molar-refractivity contribution in [2.45, 2.75) is 56.5 Å². The maximum Gasteiger partial charge on any atom is 0.241 e. The molecule has 3 rings (SSSR count). The molecule has 2 aliphatic carbocycles. The highest BCUT2D eigenvalue weighted by Crippen LogP contribution is 2.45. The van der Waals surface area contributed by atoms with Crippen LogP contribution in [-0.4, -0.2) is 21.0 Å². The molecule has 4 nitrogen and oxygen atoms in total. The third kappa shape index (κ3) is 3.33. The SMILES string of the molecule is CCCNCc1sccc1S(=O)(=O)NC1CC2CCC1C2. The van der Waals surface area contributed by atoms with Gasteiger partial charge in [0.2, 0.25) is 10.0 Å². The summed E-state index contributed by atoms with van der Waals surface area (Å²) in [4.78, 5) is 1.39. The fourth-order valence-electron chi connectivity index (χ4n) is 3.73.